The molecule has 0 aromatic heterocycles. The Hall–Kier alpha value is -1.19. The molecule has 7 atom stereocenters. The fourth-order valence-electron chi connectivity index (χ4n) is 7.08. The minimum absolute atomic E-state index is 0.103. The van der Waals surface area contributed by atoms with Crippen molar-refractivity contribution < 1.29 is 19.1 Å². The standard InChI is InChI=1S/C21H30O4/c1-12(22)25-16-11-17(24)21(3)9-7-14-18(19(16)21)15(23)10-13-6-4-5-8-20(13,14)2/h13-14,16,18-19H,4-11H2,1-3H3/t13-,14+,16?,18+,19+,20+,21-/m1/s1. The highest BCUT2D eigenvalue weighted by Gasteiger charge is 2.65. The fourth-order valence-corrected chi connectivity index (χ4v) is 7.08. The number of carbonyl (C=O) groups is 3. The van der Waals surface area contributed by atoms with Crippen LogP contribution >= 0.6 is 0 Å². The summed E-state index contributed by atoms with van der Waals surface area (Å²) in [4.78, 5) is 37.6. The van der Waals surface area contributed by atoms with Crippen LogP contribution in [0.2, 0.25) is 0 Å². The van der Waals surface area contributed by atoms with Crippen molar-refractivity contribution in [3.05, 3.63) is 0 Å². The van der Waals surface area contributed by atoms with Gasteiger partial charge in [0.2, 0.25) is 0 Å². The molecule has 4 fully saturated rings. The first-order chi connectivity index (χ1) is 11.8. The average molecular weight is 346 g/mol. The van der Waals surface area contributed by atoms with Gasteiger partial charge in [0.1, 0.15) is 17.7 Å². The maximum Gasteiger partial charge on any atom is 0.302 e. The van der Waals surface area contributed by atoms with E-state index < -0.39 is 11.5 Å². The molecule has 0 spiro atoms. The number of ether oxygens (including phenoxy) is 1. The number of fused-ring (bicyclic) bond motifs is 5. The largest absolute Gasteiger partial charge is 0.462 e. The minimum atomic E-state index is -0.491. The van der Waals surface area contributed by atoms with Crippen LogP contribution in [0.15, 0.2) is 0 Å². The molecule has 0 bridgehead atoms. The van der Waals surface area contributed by atoms with Crippen LogP contribution in [0.5, 0.6) is 0 Å². The predicted molar refractivity (Wildman–Crippen MR) is 92.7 cm³/mol. The van der Waals surface area contributed by atoms with Crippen molar-refractivity contribution in [2.75, 3.05) is 0 Å². The third-order valence-electron chi connectivity index (χ3n) is 8.39. The van der Waals surface area contributed by atoms with Crippen molar-refractivity contribution in [1.82, 2.24) is 0 Å². The van der Waals surface area contributed by atoms with Gasteiger partial charge in [-0.3, -0.25) is 14.4 Å². The topological polar surface area (TPSA) is 60.4 Å². The molecule has 25 heavy (non-hydrogen) atoms. The summed E-state index contributed by atoms with van der Waals surface area (Å²) in [6.07, 6.45) is 7.19. The molecule has 4 nitrogen and oxygen atoms in total. The number of ketones is 2. The van der Waals surface area contributed by atoms with E-state index in [1.54, 1.807) is 0 Å². The van der Waals surface area contributed by atoms with Crippen molar-refractivity contribution in [3.63, 3.8) is 0 Å². The van der Waals surface area contributed by atoms with Crippen molar-refractivity contribution in [1.29, 1.82) is 0 Å². The van der Waals surface area contributed by atoms with E-state index in [9.17, 15) is 14.4 Å². The van der Waals surface area contributed by atoms with Crippen LogP contribution in [0.3, 0.4) is 0 Å². The lowest BCUT2D eigenvalue weighted by molar-refractivity contribution is -0.170. The van der Waals surface area contributed by atoms with Crippen LogP contribution in [0.4, 0.5) is 0 Å². The van der Waals surface area contributed by atoms with E-state index in [1.807, 2.05) is 6.92 Å². The van der Waals surface area contributed by atoms with Crippen LogP contribution in [0, 0.1) is 34.5 Å². The van der Waals surface area contributed by atoms with Gasteiger partial charge in [0, 0.05) is 37.0 Å². The van der Waals surface area contributed by atoms with Gasteiger partial charge >= 0.3 is 5.97 Å². The zero-order chi connectivity index (χ0) is 18.0. The lowest BCUT2D eigenvalue weighted by Gasteiger charge is -2.58. The second-order valence-corrected chi connectivity index (χ2v) is 9.51. The SMILES string of the molecule is CC(=O)OC1CC(=O)[C@@]2(C)CC[C@H]3[C@@H](C(=O)C[C@H]4CCCC[C@@]43C)[C@H]12. The first kappa shape index (κ1) is 17.2. The third kappa shape index (κ3) is 2.35. The van der Waals surface area contributed by atoms with E-state index in [4.69, 9.17) is 4.74 Å². The summed E-state index contributed by atoms with van der Waals surface area (Å²) < 4.78 is 5.57. The molecule has 4 rings (SSSR count). The Kier molecular flexibility index (Phi) is 3.90. The highest BCUT2D eigenvalue weighted by Crippen LogP contribution is 2.64. The number of esters is 1. The summed E-state index contributed by atoms with van der Waals surface area (Å²) in [5.41, 5.74) is -0.278. The molecule has 0 amide bonds. The van der Waals surface area contributed by atoms with Gasteiger partial charge in [-0.2, -0.15) is 0 Å². The molecule has 0 radical (unpaired) electrons. The smallest absolute Gasteiger partial charge is 0.302 e. The second kappa shape index (κ2) is 5.65. The summed E-state index contributed by atoms with van der Waals surface area (Å²) in [5.74, 6) is 0.811. The highest BCUT2D eigenvalue weighted by molar-refractivity contribution is 5.91. The number of hydrogen-bond acceptors (Lipinski definition) is 4. The molecule has 0 heterocycles. The summed E-state index contributed by atoms with van der Waals surface area (Å²) in [7, 11) is 0. The monoisotopic (exact) mass is 346 g/mol. The highest BCUT2D eigenvalue weighted by atomic mass is 16.5. The molecule has 0 aromatic rings. The van der Waals surface area contributed by atoms with E-state index in [0.717, 1.165) is 12.8 Å². The fraction of sp³-hybridized carbons (Fsp3) is 0.857. The molecular weight excluding hydrogens is 316 g/mol. The molecule has 4 aliphatic rings. The lowest BCUT2D eigenvalue weighted by Crippen LogP contribution is -2.58. The normalized spacial score (nSPS) is 49.2. The summed E-state index contributed by atoms with van der Waals surface area (Å²) in [6, 6.07) is 0. The minimum Gasteiger partial charge on any atom is -0.462 e. The zero-order valence-electron chi connectivity index (χ0n) is 15.7. The maximum atomic E-state index is 13.2. The van der Waals surface area contributed by atoms with Gasteiger partial charge in [0.05, 0.1) is 0 Å². The molecular formula is C21H30O4. The van der Waals surface area contributed by atoms with Gasteiger partial charge in [-0.25, -0.2) is 0 Å². The molecule has 0 aliphatic heterocycles. The van der Waals surface area contributed by atoms with E-state index in [1.165, 1.54) is 32.6 Å². The average Bonchev–Trinajstić information content (AvgIpc) is 2.78. The molecule has 4 aliphatic carbocycles. The lowest BCUT2D eigenvalue weighted by atomic mass is 9.45. The predicted octanol–water partition coefficient (Wildman–Crippen LogP) is 3.71. The van der Waals surface area contributed by atoms with Crippen molar-refractivity contribution in [3.8, 4) is 0 Å². The van der Waals surface area contributed by atoms with Crippen LogP contribution in [-0.4, -0.2) is 23.6 Å². The Morgan fingerprint density at radius 2 is 1.84 bits per heavy atom. The van der Waals surface area contributed by atoms with Crippen LogP contribution in [0.1, 0.15) is 72.1 Å². The van der Waals surface area contributed by atoms with Gasteiger partial charge in [-0.15, -0.1) is 0 Å². The Morgan fingerprint density at radius 3 is 2.56 bits per heavy atom. The van der Waals surface area contributed by atoms with Crippen LogP contribution in [-0.2, 0) is 19.1 Å². The Labute approximate surface area is 150 Å². The van der Waals surface area contributed by atoms with E-state index >= 15 is 0 Å². The Bertz CT molecular complexity index is 625. The Morgan fingerprint density at radius 1 is 1.08 bits per heavy atom. The zero-order valence-corrected chi connectivity index (χ0v) is 15.7. The first-order valence-electron chi connectivity index (χ1n) is 10.0. The van der Waals surface area contributed by atoms with Crippen molar-refractivity contribution >= 4 is 17.5 Å². The van der Waals surface area contributed by atoms with E-state index in [2.05, 4.69) is 6.92 Å². The van der Waals surface area contributed by atoms with Gasteiger partial charge in [-0.05, 0) is 42.9 Å². The Balaban J connectivity index is 1.73. The quantitative estimate of drug-likeness (QED) is 0.679. The maximum absolute atomic E-state index is 13.2. The van der Waals surface area contributed by atoms with Crippen molar-refractivity contribution in [2.45, 2.75) is 78.2 Å². The van der Waals surface area contributed by atoms with Crippen LogP contribution in [0.25, 0.3) is 0 Å². The number of rotatable bonds is 1. The summed E-state index contributed by atoms with van der Waals surface area (Å²) in [6.45, 7) is 5.81. The molecule has 1 unspecified atom stereocenters. The van der Waals surface area contributed by atoms with E-state index in [-0.39, 0.29) is 35.4 Å². The first-order valence-corrected chi connectivity index (χ1v) is 10.0. The van der Waals surface area contributed by atoms with Crippen molar-refractivity contribution in [2.24, 2.45) is 34.5 Å². The van der Waals surface area contributed by atoms with Gasteiger partial charge in [0.15, 0.2) is 0 Å². The summed E-state index contributed by atoms with van der Waals surface area (Å²) >= 11 is 0. The molecule has 0 aromatic carbocycles. The molecule has 0 N–H and O–H groups in total. The van der Waals surface area contributed by atoms with E-state index in [0.29, 0.717) is 24.0 Å². The molecule has 4 heteroatoms. The summed E-state index contributed by atoms with van der Waals surface area (Å²) in [5, 5.41) is 0. The number of carbonyl (C=O) groups excluding carboxylic acids is 3. The van der Waals surface area contributed by atoms with Gasteiger partial charge in [0.25, 0.3) is 0 Å². The molecule has 4 saturated carbocycles. The molecule has 0 saturated heterocycles. The van der Waals surface area contributed by atoms with Crippen LogP contribution < -0.4 is 0 Å². The number of hydrogen-bond donors (Lipinski definition) is 0. The number of Topliss-reactive ketones (excluding diaryl/α,β-unsaturated/α-hetero) is 2. The second-order valence-electron chi connectivity index (χ2n) is 9.51. The van der Waals surface area contributed by atoms with Gasteiger partial charge in [-0.1, -0.05) is 26.7 Å². The third-order valence-corrected chi connectivity index (χ3v) is 8.39. The molecule has 138 valence electrons. The van der Waals surface area contributed by atoms with Gasteiger partial charge < -0.3 is 4.74 Å².